The summed E-state index contributed by atoms with van der Waals surface area (Å²) in [5.41, 5.74) is 3.06. The zero-order valence-electron chi connectivity index (χ0n) is 16.0. The molecule has 30 heavy (non-hydrogen) atoms. The molecule has 2 aromatic heterocycles. The van der Waals surface area contributed by atoms with Crippen LogP contribution >= 0.6 is 11.5 Å². The minimum absolute atomic E-state index is 0.236. The Balaban J connectivity index is 0.000000171. The van der Waals surface area contributed by atoms with Crippen molar-refractivity contribution in [1.29, 1.82) is 0 Å². The van der Waals surface area contributed by atoms with Gasteiger partial charge in [-0.05, 0) is 36.6 Å². The van der Waals surface area contributed by atoms with Gasteiger partial charge in [-0.1, -0.05) is 40.9 Å². The van der Waals surface area contributed by atoms with Crippen molar-refractivity contribution in [2.75, 3.05) is 10.6 Å². The monoisotopic (exact) mass is 423 g/mol. The topological polar surface area (TPSA) is 120 Å². The van der Waals surface area contributed by atoms with E-state index in [2.05, 4.69) is 31.3 Å². The maximum Gasteiger partial charge on any atom is 0.324 e. The van der Waals surface area contributed by atoms with Crippen molar-refractivity contribution in [2.45, 2.75) is 19.3 Å². The van der Waals surface area contributed by atoms with Crippen molar-refractivity contribution >= 4 is 45.1 Å². The molecule has 4 rings (SSSR count). The van der Waals surface area contributed by atoms with Gasteiger partial charge in [-0.15, -0.1) is 5.10 Å². The van der Waals surface area contributed by atoms with E-state index in [9.17, 15) is 9.59 Å². The zero-order valence-corrected chi connectivity index (χ0v) is 16.9. The van der Waals surface area contributed by atoms with Crippen LogP contribution in [0.5, 0.6) is 0 Å². The molecule has 154 valence electrons. The van der Waals surface area contributed by atoms with E-state index in [0.717, 1.165) is 29.2 Å². The van der Waals surface area contributed by atoms with Crippen molar-refractivity contribution in [1.82, 2.24) is 14.6 Å². The number of hydrogen-bond donors (Lipinski definition) is 4. The van der Waals surface area contributed by atoms with Gasteiger partial charge in [-0.25, -0.2) is 4.79 Å². The molecule has 0 fully saturated rings. The minimum atomic E-state index is -0.727. The van der Waals surface area contributed by atoms with Gasteiger partial charge in [0, 0.05) is 40.7 Å². The van der Waals surface area contributed by atoms with Crippen molar-refractivity contribution in [3.05, 3.63) is 72.6 Å². The minimum Gasteiger partial charge on any atom is -0.481 e. The highest BCUT2D eigenvalue weighted by Gasteiger charge is 2.04. The molecule has 0 unspecified atom stereocenters. The Labute approximate surface area is 177 Å². The lowest BCUT2D eigenvalue weighted by Gasteiger charge is -2.04. The average molecular weight is 423 g/mol. The molecule has 2 aromatic carbocycles. The van der Waals surface area contributed by atoms with Crippen LogP contribution in [0, 0.1) is 0 Å². The van der Waals surface area contributed by atoms with Crippen molar-refractivity contribution < 1.29 is 14.7 Å². The number of nitrogens with zero attached hydrogens (tertiary/aromatic N) is 2. The van der Waals surface area contributed by atoms with Gasteiger partial charge in [0.25, 0.3) is 0 Å². The van der Waals surface area contributed by atoms with Crippen LogP contribution in [-0.2, 0) is 11.2 Å². The molecule has 0 radical (unpaired) electrons. The summed E-state index contributed by atoms with van der Waals surface area (Å²) in [6.45, 7) is 0. The summed E-state index contributed by atoms with van der Waals surface area (Å²) < 4.78 is 3.63. The fourth-order valence-corrected chi connectivity index (χ4v) is 3.20. The van der Waals surface area contributed by atoms with E-state index in [1.807, 2.05) is 54.7 Å². The predicted octanol–water partition coefficient (Wildman–Crippen LogP) is 4.76. The first-order valence-electron chi connectivity index (χ1n) is 9.29. The first-order valence-corrected chi connectivity index (χ1v) is 10.1. The molecule has 0 aliphatic rings. The fraction of sp³-hybridized carbons (Fsp3) is 0.143. The van der Waals surface area contributed by atoms with E-state index >= 15 is 0 Å². The van der Waals surface area contributed by atoms with E-state index in [1.165, 1.54) is 17.1 Å². The van der Waals surface area contributed by atoms with E-state index in [1.54, 1.807) is 0 Å². The largest absolute Gasteiger partial charge is 0.481 e. The number of para-hydroxylation sites is 2. The number of fused-ring (bicyclic) bond motifs is 1. The third kappa shape index (κ3) is 6.42. The van der Waals surface area contributed by atoms with Gasteiger partial charge in [0.05, 0.1) is 6.20 Å². The Morgan fingerprint density at radius 2 is 1.80 bits per heavy atom. The molecular formula is C21H21N5O3S. The second-order valence-electron chi connectivity index (χ2n) is 6.33. The zero-order chi connectivity index (χ0) is 21.2. The number of urea groups is 1. The molecular weight excluding hydrogens is 402 g/mol. The lowest BCUT2D eigenvalue weighted by Crippen LogP contribution is -2.18. The Bertz CT molecular complexity index is 1080. The van der Waals surface area contributed by atoms with E-state index < -0.39 is 5.97 Å². The number of aryl methyl sites for hydroxylation is 1. The summed E-state index contributed by atoms with van der Waals surface area (Å²) in [6, 6.07) is 17.0. The van der Waals surface area contributed by atoms with Crippen LogP contribution in [0.1, 0.15) is 18.4 Å². The van der Waals surface area contributed by atoms with E-state index in [0.29, 0.717) is 11.4 Å². The van der Waals surface area contributed by atoms with Crippen LogP contribution in [0.4, 0.5) is 15.5 Å². The average Bonchev–Trinajstić information content (AvgIpc) is 3.39. The van der Waals surface area contributed by atoms with Crippen LogP contribution in [0.2, 0.25) is 0 Å². The molecule has 0 bridgehead atoms. The first-order chi connectivity index (χ1) is 14.6. The van der Waals surface area contributed by atoms with Gasteiger partial charge in [0.1, 0.15) is 5.00 Å². The number of carbonyl (C=O) groups excluding carboxylic acids is 1. The molecule has 0 aliphatic heterocycles. The molecule has 8 nitrogen and oxygen atoms in total. The van der Waals surface area contributed by atoms with Gasteiger partial charge >= 0.3 is 12.0 Å². The number of carbonyl (C=O) groups is 2. The quantitative estimate of drug-likeness (QED) is 0.356. The van der Waals surface area contributed by atoms with Crippen molar-refractivity contribution in [2.24, 2.45) is 0 Å². The van der Waals surface area contributed by atoms with Crippen LogP contribution in [0.25, 0.3) is 10.9 Å². The van der Waals surface area contributed by atoms with Crippen LogP contribution in [0.3, 0.4) is 0 Å². The predicted molar refractivity (Wildman–Crippen MR) is 118 cm³/mol. The molecule has 2 heterocycles. The summed E-state index contributed by atoms with van der Waals surface area (Å²) in [7, 11) is 0. The third-order valence-corrected chi connectivity index (χ3v) is 4.72. The number of aliphatic carboxylic acids is 1. The second kappa shape index (κ2) is 10.7. The summed E-state index contributed by atoms with van der Waals surface area (Å²) >= 11 is 1.13. The summed E-state index contributed by atoms with van der Waals surface area (Å²) in [6.07, 6.45) is 5.20. The highest BCUT2D eigenvalue weighted by Crippen LogP contribution is 2.19. The summed E-state index contributed by atoms with van der Waals surface area (Å²) in [4.78, 5) is 25.0. The number of nitrogens with one attached hydrogen (secondary N) is 3. The molecule has 4 aromatic rings. The van der Waals surface area contributed by atoms with Gasteiger partial charge in [-0.3, -0.25) is 10.1 Å². The van der Waals surface area contributed by atoms with E-state index in [4.69, 9.17) is 5.11 Å². The Morgan fingerprint density at radius 1 is 1.03 bits per heavy atom. The molecule has 0 saturated heterocycles. The van der Waals surface area contributed by atoms with Gasteiger partial charge in [-0.2, -0.15) is 0 Å². The number of amides is 2. The van der Waals surface area contributed by atoms with Crippen molar-refractivity contribution in [3.63, 3.8) is 0 Å². The Hall–Kier alpha value is -3.72. The number of carboxylic acids is 1. The molecule has 0 atom stereocenters. The number of H-pyrrole nitrogens is 1. The third-order valence-electron chi connectivity index (χ3n) is 4.14. The number of aromatic nitrogens is 3. The number of aromatic amines is 1. The number of hydrogen-bond acceptors (Lipinski definition) is 5. The van der Waals surface area contributed by atoms with Crippen LogP contribution in [-0.4, -0.2) is 31.7 Å². The maximum absolute atomic E-state index is 11.4. The number of benzene rings is 2. The summed E-state index contributed by atoms with van der Waals surface area (Å²) in [5, 5.41) is 19.3. The molecule has 0 aliphatic carbocycles. The molecule has 0 saturated carbocycles. The molecule has 0 spiro atoms. The summed E-state index contributed by atoms with van der Waals surface area (Å²) in [5.74, 6) is -0.727. The number of carboxylic acid groups (broad SMARTS) is 1. The highest BCUT2D eigenvalue weighted by atomic mass is 32.1. The standard InChI is InChI=1S/C12H13NO2.C9H8N4OS/c14-12(15)7-3-4-9-8-13-11-6-2-1-5-10(9)11;14-9(12-8-6-10-13-15-8)11-7-4-2-1-3-5-7/h1-2,5-6,8,13H,3-4,7H2,(H,14,15);1-6H,(H2,11,12,14). The van der Waals surface area contributed by atoms with Crippen molar-refractivity contribution in [3.8, 4) is 0 Å². The van der Waals surface area contributed by atoms with Gasteiger partial charge in [0.15, 0.2) is 0 Å². The number of anilines is 2. The molecule has 4 N–H and O–H groups in total. The Kier molecular flexibility index (Phi) is 7.51. The Morgan fingerprint density at radius 3 is 2.53 bits per heavy atom. The van der Waals surface area contributed by atoms with Gasteiger partial charge in [0.2, 0.25) is 0 Å². The highest BCUT2D eigenvalue weighted by molar-refractivity contribution is 7.10. The fourth-order valence-electron chi connectivity index (χ4n) is 2.79. The van der Waals surface area contributed by atoms with Gasteiger partial charge < -0.3 is 15.4 Å². The van der Waals surface area contributed by atoms with E-state index in [-0.39, 0.29) is 12.5 Å². The first kappa shape index (κ1) is 21.0. The van der Waals surface area contributed by atoms with Crippen LogP contribution < -0.4 is 10.6 Å². The normalized spacial score (nSPS) is 10.1. The second-order valence-corrected chi connectivity index (χ2v) is 7.12. The smallest absolute Gasteiger partial charge is 0.324 e. The van der Waals surface area contributed by atoms with Crippen LogP contribution in [0.15, 0.2) is 67.0 Å². The number of rotatable bonds is 6. The molecule has 9 heteroatoms. The maximum atomic E-state index is 11.4. The lowest BCUT2D eigenvalue weighted by atomic mass is 10.1. The lowest BCUT2D eigenvalue weighted by molar-refractivity contribution is -0.137. The molecule has 2 amide bonds. The SMILES string of the molecule is O=C(Nc1ccccc1)Nc1cnns1.O=C(O)CCCc1c[nH]c2ccccc12.